The minimum Gasteiger partial charge on any atom is -0.352 e. The molecule has 1 amide bonds. The number of nitrogens with one attached hydrogen (secondary N) is 2. The lowest BCUT2D eigenvalue weighted by Crippen LogP contribution is -2.33. The second kappa shape index (κ2) is 16.0. The molecular formula is C35H43N3OP+. The van der Waals surface area contributed by atoms with Crippen molar-refractivity contribution in [2.45, 2.75) is 51.4 Å². The van der Waals surface area contributed by atoms with Gasteiger partial charge in [-0.05, 0) is 79.9 Å². The highest BCUT2D eigenvalue weighted by Gasteiger charge is 2.44. The molecule has 208 valence electrons. The van der Waals surface area contributed by atoms with E-state index >= 15 is 0 Å². The summed E-state index contributed by atoms with van der Waals surface area (Å²) < 4.78 is 0. The van der Waals surface area contributed by atoms with Gasteiger partial charge in [-0.25, -0.2) is 0 Å². The van der Waals surface area contributed by atoms with Gasteiger partial charge in [0.1, 0.15) is 23.2 Å². The van der Waals surface area contributed by atoms with Gasteiger partial charge in [-0.3, -0.25) is 10.6 Å². The summed E-state index contributed by atoms with van der Waals surface area (Å²) in [5.41, 5.74) is 4.03. The Morgan fingerprint density at radius 1 is 0.550 bits per heavy atom. The molecule has 0 atom stereocenters. The lowest BCUT2D eigenvalue weighted by molar-refractivity contribution is 0.0953. The molecule has 5 heteroatoms. The minimum absolute atomic E-state index is 0.0241. The van der Waals surface area contributed by atoms with Gasteiger partial charge in [-0.15, -0.1) is 0 Å². The smallest absolute Gasteiger partial charge is 0.251 e. The van der Waals surface area contributed by atoms with Crippen LogP contribution in [-0.4, -0.2) is 18.6 Å². The highest BCUT2D eigenvalue weighted by molar-refractivity contribution is 7.95. The number of hydrogen-bond donors (Lipinski definition) is 3. The largest absolute Gasteiger partial charge is 0.352 e. The van der Waals surface area contributed by atoms with E-state index in [9.17, 15) is 4.79 Å². The maximum Gasteiger partial charge on any atom is 0.251 e. The summed E-state index contributed by atoms with van der Waals surface area (Å²) in [5, 5.41) is 7.45. The molecular weight excluding hydrogens is 509 g/mol. The molecule has 0 radical (unpaired) electrons. The van der Waals surface area contributed by atoms with Crippen molar-refractivity contribution < 1.29 is 4.79 Å². The number of rotatable bonds is 16. The molecule has 40 heavy (non-hydrogen) atoms. The van der Waals surface area contributed by atoms with Gasteiger partial charge >= 0.3 is 0 Å². The van der Waals surface area contributed by atoms with E-state index in [0.29, 0.717) is 5.56 Å². The summed E-state index contributed by atoms with van der Waals surface area (Å²) in [6, 6.07) is 40.8. The van der Waals surface area contributed by atoms with E-state index in [1.165, 1.54) is 60.6 Å². The lowest BCUT2D eigenvalue weighted by atomic mass is 10.1. The first-order chi connectivity index (χ1) is 19.7. The number of anilines is 1. The van der Waals surface area contributed by atoms with Gasteiger partial charge in [0, 0.05) is 17.8 Å². The maximum atomic E-state index is 12.3. The van der Waals surface area contributed by atoms with Crippen LogP contribution in [0.3, 0.4) is 0 Å². The second-order valence-corrected chi connectivity index (χ2v) is 14.0. The van der Waals surface area contributed by atoms with Gasteiger partial charge in [0.2, 0.25) is 0 Å². The van der Waals surface area contributed by atoms with Crippen LogP contribution in [0, 0.1) is 0 Å². The SMILES string of the molecule is NNc1ccc(C(=O)NCCCCCCCCCC[P+](c2ccccc2)(c2ccccc2)c2ccccc2)cc1. The Kier molecular flexibility index (Phi) is 11.8. The zero-order chi connectivity index (χ0) is 27.9. The van der Waals surface area contributed by atoms with Crippen LogP contribution < -0.4 is 32.5 Å². The van der Waals surface area contributed by atoms with Crippen molar-refractivity contribution in [3.05, 3.63) is 121 Å². The third kappa shape index (κ3) is 8.03. The van der Waals surface area contributed by atoms with Crippen molar-refractivity contribution in [3.8, 4) is 0 Å². The first-order valence-corrected chi connectivity index (χ1v) is 16.6. The molecule has 0 spiro atoms. The monoisotopic (exact) mass is 552 g/mol. The molecule has 4 aromatic rings. The van der Waals surface area contributed by atoms with E-state index in [-0.39, 0.29) is 5.91 Å². The summed E-state index contributed by atoms with van der Waals surface area (Å²) in [6.45, 7) is 0.722. The minimum atomic E-state index is -1.71. The van der Waals surface area contributed by atoms with Gasteiger partial charge < -0.3 is 10.7 Å². The summed E-state index contributed by atoms with van der Waals surface area (Å²) in [6.07, 6.45) is 10.9. The maximum absolute atomic E-state index is 12.3. The number of benzene rings is 4. The predicted octanol–water partition coefficient (Wildman–Crippen LogP) is 6.82. The van der Waals surface area contributed by atoms with Gasteiger partial charge in [-0.2, -0.15) is 0 Å². The molecule has 0 saturated carbocycles. The van der Waals surface area contributed by atoms with Crippen molar-refractivity contribution in [1.29, 1.82) is 0 Å². The molecule has 0 aliphatic heterocycles. The highest BCUT2D eigenvalue weighted by Crippen LogP contribution is 2.56. The van der Waals surface area contributed by atoms with Crippen LogP contribution in [0.5, 0.6) is 0 Å². The molecule has 0 aliphatic carbocycles. The number of nitrogen functional groups attached to an aromatic ring is 1. The Balaban J connectivity index is 1.20. The van der Waals surface area contributed by atoms with Crippen LogP contribution in [0.1, 0.15) is 61.7 Å². The topological polar surface area (TPSA) is 67.1 Å². The number of unbranched alkanes of at least 4 members (excludes halogenated alkanes) is 7. The zero-order valence-electron chi connectivity index (χ0n) is 23.5. The molecule has 0 heterocycles. The molecule has 0 aromatic heterocycles. The molecule has 0 saturated heterocycles. The average molecular weight is 553 g/mol. The molecule has 4 aromatic carbocycles. The van der Waals surface area contributed by atoms with E-state index in [4.69, 9.17) is 5.84 Å². The fraction of sp³-hybridized carbons (Fsp3) is 0.286. The van der Waals surface area contributed by atoms with Crippen LogP contribution in [0.15, 0.2) is 115 Å². The number of nitrogens with two attached hydrogens (primary N) is 1. The fourth-order valence-corrected chi connectivity index (χ4v) is 9.85. The number of carbonyl (C=O) groups excluding carboxylic acids is 1. The quantitative estimate of drug-likeness (QED) is 0.0619. The molecule has 0 fully saturated rings. The Labute approximate surface area is 240 Å². The van der Waals surface area contributed by atoms with Gasteiger partial charge in [0.15, 0.2) is 0 Å². The standard InChI is InChI=1S/C35H42N3OP/c36-38-31-26-24-30(25-27-31)35(39)37-28-16-5-3-1-2-4-6-17-29-40(32-18-10-7-11-19-32,33-20-12-8-13-21-33)34-22-14-9-15-23-34/h7-15,18-27H,1-6,16-17,28-29,36H2,(H-,37,38,39)/p+1. The molecule has 0 bridgehead atoms. The molecule has 0 unspecified atom stereocenters. The number of hydrogen-bond acceptors (Lipinski definition) is 3. The highest BCUT2D eigenvalue weighted by atomic mass is 31.2. The van der Waals surface area contributed by atoms with E-state index in [1.807, 2.05) is 12.1 Å². The van der Waals surface area contributed by atoms with Crippen molar-refractivity contribution in [2.75, 3.05) is 18.1 Å². The van der Waals surface area contributed by atoms with Crippen molar-refractivity contribution in [3.63, 3.8) is 0 Å². The molecule has 0 aliphatic rings. The van der Waals surface area contributed by atoms with Crippen LogP contribution in [0.25, 0.3) is 0 Å². The van der Waals surface area contributed by atoms with Crippen molar-refractivity contribution in [1.82, 2.24) is 5.32 Å². The lowest BCUT2D eigenvalue weighted by Gasteiger charge is -2.27. The molecule has 4 N–H and O–H groups in total. The predicted molar refractivity (Wildman–Crippen MR) is 174 cm³/mol. The normalized spacial score (nSPS) is 11.2. The van der Waals surface area contributed by atoms with E-state index in [1.54, 1.807) is 12.1 Å². The summed E-state index contributed by atoms with van der Waals surface area (Å²) in [4.78, 5) is 12.3. The van der Waals surface area contributed by atoms with E-state index < -0.39 is 7.26 Å². The van der Waals surface area contributed by atoms with E-state index in [0.717, 1.165) is 25.1 Å². The fourth-order valence-electron chi connectivity index (χ4n) is 5.44. The average Bonchev–Trinajstić information content (AvgIpc) is 3.03. The summed E-state index contributed by atoms with van der Waals surface area (Å²) in [7, 11) is -1.71. The van der Waals surface area contributed by atoms with Crippen LogP contribution >= 0.6 is 7.26 Å². The second-order valence-electron chi connectivity index (χ2n) is 10.3. The van der Waals surface area contributed by atoms with E-state index in [2.05, 4.69) is 102 Å². The molecule has 4 nitrogen and oxygen atoms in total. The Morgan fingerprint density at radius 2 is 0.975 bits per heavy atom. The summed E-state index contributed by atoms with van der Waals surface area (Å²) >= 11 is 0. The third-order valence-corrected chi connectivity index (χ3v) is 12.1. The van der Waals surface area contributed by atoms with Crippen LogP contribution in [-0.2, 0) is 0 Å². The third-order valence-electron chi connectivity index (χ3n) is 7.61. The van der Waals surface area contributed by atoms with Gasteiger partial charge in [-0.1, -0.05) is 86.7 Å². The van der Waals surface area contributed by atoms with Crippen LogP contribution in [0.2, 0.25) is 0 Å². The Hall–Kier alpha value is -3.46. The first kappa shape index (κ1) is 29.5. The van der Waals surface area contributed by atoms with Gasteiger partial charge in [0.25, 0.3) is 5.91 Å². The van der Waals surface area contributed by atoms with Crippen molar-refractivity contribution in [2.24, 2.45) is 5.84 Å². The van der Waals surface area contributed by atoms with Gasteiger partial charge in [0.05, 0.1) is 6.16 Å². The van der Waals surface area contributed by atoms with Crippen LogP contribution in [0.4, 0.5) is 5.69 Å². The van der Waals surface area contributed by atoms with Crippen molar-refractivity contribution >= 4 is 34.8 Å². The Morgan fingerprint density at radius 3 is 1.43 bits per heavy atom. The number of amides is 1. The summed E-state index contributed by atoms with van der Waals surface area (Å²) in [5.74, 6) is 5.36. The number of hydrazine groups is 1. The Bertz CT molecular complexity index is 1170. The molecule has 4 rings (SSSR count). The first-order valence-electron chi connectivity index (χ1n) is 14.6. The number of carbonyl (C=O) groups is 1. The zero-order valence-corrected chi connectivity index (χ0v) is 24.4.